The highest BCUT2D eigenvalue weighted by Gasteiger charge is 2.29. The number of anilines is 1. The Balaban J connectivity index is 2.32. The van der Waals surface area contributed by atoms with Gasteiger partial charge in [0, 0.05) is 6.04 Å². The van der Waals surface area contributed by atoms with Crippen LogP contribution in [0.5, 0.6) is 0 Å². The Morgan fingerprint density at radius 3 is 2.58 bits per heavy atom. The summed E-state index contributed by atoms with van der Waals surface area (Å²) in [7, 11) is -3.67. The van der Waals surface area contributed by atoms with E-state index in [1.54, 1.807) is 0 Å². The number of halogens is 2. The van der Waals surface area contributed by atoms with Crippen LogP contribution in [-0.4, -0.2) is 14.5 Å². The van der Waals surface area contributed by atoms with Crippen molar-refractivity contribution in [3.05, 3.63) is 22.2 Å². The molecule has 106 valence electrons. The molecule has 4 nitrogen and oxygen atoms in total. The number of hydrogen-bond acceptors (Lipinski definition) is 3. The average molecular weight is 323 g/mol. The van der Waals surface area contributed by atoms with E-state index in [1.807, 2.05) is 6.92 Å². The summed E-state index contributed by atoms with van der Waals surface area (Å²) in [6, 6.07) is 2.77. The van der Waals surface area contributed by atoms with Crippen molar-refractivity contribution in [2.24, 2.45) is 5.92 Å². The molecule has 19 heavy (non-hydrogen) atoms. The molecular weight excluding hydrogens is 307 g/mol. The predicted octanol–water partition coefficient (Wildman–Crippen LogP) is 3.04. The van der Waals surface area contributed by atoms with Gasteiger partial charge in [0.1, 0.15) is 4.90 Å². The summed E-state index contributed by atoms with van der Waals surface area (Å²) in [6.45, 7) is 2.04. The van der Waals surface area contributed by atoms with E-state index < -0.39 is 10.0 Å². The van der Waals surface area contributed by atoms with E-state index in [0.717, 1.165) is 19.3 Å². The Labute approximate surface area is 123 Å². The number of nitrogens with one attached hydrogen (secondary N) is 1. The molecule has 0 heterocycles. The fraction of sp³-hybridized carbons (Fsp3) is 0.500. The largest absolute Gasteiger partial charge is 0.396 e. The van der Waals surface area contributed by atoms with Gasteiger partial charge in [0.25, 0.3) is 0 Å². The van der Waals surface area contributed by atoms with Gasteiger partial charge in [0.2, 0.25) is 10.0 Å². The van der Waals surface area contributed by atoms with E-state index in [1.165, 1.54) is 12.1 Å². The van der Waals surface area contributed by atoms with E-state index in [9.17, 15) is 8.42 Å². The van der Waals surface area contributed by atoms with Crippen molar-refractivity contribution in [1.82, 2.24) is 4.72 Å². The molecule has 3 N–H and O–H groups in total. The molecule has 0 saturated heterocycles. The van der Waals surface area contributed by atoms with Gasteiger partial charge in [0.15, 0.2) is 0 Å². The lowest BCUT2D eigenvalue weighted by Crippen LogP contribution is -2.36. The maximum atomic E-state index is 12.3. The fourth-order valence-corrected chi connectivity index (χ4v) is 4.48. The third-order valence-corrected chi connectivity index (χ3v) is 5.93. The van der Waals surface area contributed by atoms with Crippen LogP contribution in [0, 0.1) is 5.92 Å². The van der Waals surface area contributed by atoms with Crippen LogP contribution >= 0.6 is 23.2 Å². The Kier molecular flexibility index (Phi) is 4.30. The van der Waals surface area contributed by atoms with Gasteiger partial charge >= 0.3 is 0 Å². The van der Waals surface area contributed by atoms with Gasteiger partial charge < -0.3 is 5.73 Å². The van der Waals surface area contributed by atoms with Crippen molar-refractivity contribution in [2.75, 3.05) is 5.73 Å². The summed E-state index contributed by atoms with van der Waals surface area (Å²) >= 11 is 11.8. The SMILES string of the molecule is CC1CCCC1NS(=O)(=O)c1ccc(Cl)c(N)c1Cl. The standard InChI is InChI=1S/C12H16Cl2N2O2S/c1-7-3-2-4-9(7)16-19(17,18)10-6-5-8(13)12(15)11(10)14/h5-7,9,16H,2-4,15H2,1H3. The molecular formula is C12H16Cl2N2O2S. The molecule has 1 aromatic carbocycles. The normalized spacial score (nSPS) is 23.7. The van der Waals surface area contributed by atoms with Crippen molar-refractivity contribution in [1.29, 1.82) is 0 Å². The molecule has 0 aliphatic heterocycles. The first-order chi connectivity index (χ1) is 8.83. The number of hydrogen-bond donors (Lipinski definition) is 2. The van der Waals surface area contributed by atoms with E-state index in [4.69, 9.17) is 28.9 Å². The maximum absolute atomic E-state index is 12.3. The second-order valence-corrected chi connectivity index (χ2v) is 7.38. The minimum absolute atomic E-state index is 0.0184. The molecule has 1 aliphatic rings. The molecule has 0 aromatic heterocycles. The Hall–Kier alpha value is -0.490. The highest BCUT2D eigenvalue weighted by molar-refractivity contribution is 7.89. The minimum Gasteiger partial charge on any atom is -0.396 e. The number of nitrogens with two attached hydrogens (primary N) is 1. The second kappa shape index (κ2) is 5.48. The van der Waals surface area contributed by atoms with Crippen LogP contribution in [0.2, 0.25) is 10.0 Å². The van der Waals surface area contributed by atoms with E-state index in [-0.39, 0.29) is 26.7 Å². The Morgan fingerprint density at radius 2 is 2.00 bits per heavy atom. The summed E-state index contributed by atoms with van der Waals surface area (Å²) in [4.78, 5) is -0.0184. The average Bonchev–Trinajstić information content (AvgIpc) is 2.71. The quantitative estimate of drug-likeness (QED) is 0.840. The summed E-state index contributed by atoms with van der Waals surface area (Å²) in [5.74, 6) is 0.332. The number of rotatable bonds is 3. The zero-order valence-corrected chi connectivity index (χ0v) is 12.8. The Bertz CT molecular complexity index is 590. The van der Waals surface area contributed by atoms with Gasteiger partial charge in [-0.15, -0.1) is 0 Å². The van der Waals surface area contributed by atoms with Gasteiger partial charge in [-0.3, -0.25) is 0 Å². The van der Waals surface area contributed by atoms with E-state index >= 15 is 0 Å². The first kappa shape index (κ1) is 14.9. The van der Waals surface area contributed by atoms with Crippen molar-refractivity contribution in [3.8, 4) is 0 Å². The zero-order valence-electron chi connectivity index (χ0n) is 10.5. The van der Waals surface area contributed by atoms with E-state index in [2.05, 4.69) is 4.72 Å². The molecule has 0 amide bonds. The molecule has 1 fully saturated rings. The summed E-state index contributed by atoms with van der Waals surface area (Å²) in [5.41, 5.74) is 5.75. The van der Waals surface area contributed by atoms with Gasteiger partial charge in [-0.05, 0) is 30.9 Å². The first-order valence-electron chi connectivity index (χ1n) is 6.08. The summed E-state index contributed by atoms with van der Waals surface area (Å²) in [5, 5.41) is 0.226. The van der Waals surface area contributed by atoms with Crippen LogP contribution in [0.3, 0.4) is 0 Å². The minimum atomic E-state index is -3.67. The van der Waals surface area contributed by atoms with Gasteiger partial charge in [-0.25, -0.2) is 13.1 Å². The lowest BCUT2D eigenvalue weighted by atomic mass is 10.1. The molecule has 2 rings (SSSR count). The predicted molar refractivity (Wildman–Crippen MR) is 78.0 cm³/mol. The molecule has 1 aromatic rings. The summed E-state index contributed by atoms with van der Waals surface area (Å²) in [6.07, 6.45) is 2.91. The van der Waals surface area contributed by atoms with Crippen molar-refractivity contribution in [3.63, 3.8) is 0 Å². The molecule has 1 aliphatic carbocycles. The van der Waals surface area contributed by atoms with Crippen LogP contribution in [0.25, 0.3) is 0 Å². The smallest absolute Gasteiger partial charge is 0.242 e. The number of sulfonamides is 1. The van der Waals surface area contributed by atoms with Crippen molar-refractivity contribution >= 4 is 38.9 Å². The molecule has 0 spiro atoms. The van der Waals surface area contributed by atoms with Crippen molar-refractivity contribution < 1.29 is 8.42 Å². The van der Waals surface area contributed by atoms with Crippen LogP contribution in [0.15, 0.2) is 17.0 Å². The third-order valence-electron chi connectivity index (χ3n) is 3.55. The molecule has 0 bridgehead atoms. The van der Waals surface area contributed by atoms with Gasteiger partial charge in [-0.2, -0.15) is 0 Å². The van der Waals surface area contributed by atoms with Crippen LogP contribution < -0.4 is 10.5 Å². The molecule has 7 heteroatoms. The molecule has 0 radical (unpaired) electrons. The fourth-order valence-electron chi connectivity index (χ4n) is 2.34. The van der Waals surface area contributed by atoms with Gasteiger partial charge in [0.05, 0.1) is 15.7 Å². The monoisotopic (exact) mass is 322 g/mol. The number of benzene rings is 1. The molecule has 2 atom stereocenters. The maximum Gasteiger partial charge on any atom is 0.242 e. The lowest BCUT2D eigenvalue weighted by Gasteiger charge is -2.18. The summed E-state index contributed by atoms with van der Waals surface area (Å²) < 4.78 is 27.3. The van der Waals surface area contributed by atoms with Crippen LogP contribution in [0.1, 0.15) is 26.2 Å². The van der Waals surface area contributed by atoms with Gasteiger partial charge in [-0.1, -0.05) is 36.5 Å². The highest BCUT2D eigenvalue weighted by atomic mass is 35.5. The van der Waals surface area contributed by atoms with Crippen LogP contribution in [0.4, 0.5) is 5.69 Å². The molecule has 2 unspecified atom stereocenters. The topological polar surface area (TPSA) is 72.2 Å². The highest BCUT2D eigenvalue weighted by Crippen LogP contribution is 2.34. The lowest BCUT2D eigenvalue weighted by molar-refractivity contribution is 0.476. The van der Waals surface area contributed by atoms with Crippen LogP contribution in [-0.2, 0) is 10.0 Å². The second-order valence-electron chi connectivity index (χ2n) is 4.91. The zero-order chi connectivity index (χ0) is 14.2. The third kappa shape index (κ3) is 2.99. The Morgan fingerprint density at radius 1 is 1.32 bits per heavy atom. The molecule has 1 saturated carbocycles. The van der Waals surface area contributed by atoms with Crippen molar-refractivity contribution in [2.45, 2.75) is 37.1 Å². The first-order valence-corrected chi connectivity index (χ1v) is 8.32. The number of nitrogen functional groups attached to an aromatic ring is 1. The van der Waals surface area contributed by atoms with E-state index in [0.29, 0.717) is 5.92 Å².